The molecule has 2 heterocycles. The molecule has 0 radical (unpaired) electrons. The van der Waals surface area contributed by atoms with Crippen LogP contribution in [-0.2, 0) is 7.05 Å². The summed E-state index contributed by atoms with van der Waals surface area (Å²) >= 11 is 0.0460. The van der Waals surface area contributed by atoms with Crippen molar-refractivity contribution >= 4 is 61.7 Å². The van der Waals surface area contributed by atoms with Crippen LogP contribution in [0.5, 0.6) is 0 Å². The van der Waals surface area contributed by atoms with Gasteiger partial charge >= 0.3 is 197 Å². The summed E-state index contributed by atoms with van der Waals surface area (Å²) in [4.78, 5) is 2.80. The SMILES string of the molecule is Cc1c2c(c(C)c3ccccc13)-c1c3c(cc4cc[c]([Ge]([CH3])([CH3])[CH3])cc4c3cc[n+]1C)S2. The van der Waals surface area contributed by atoms with Gasteiger partial charge in [0, 0.05) is 0 Å². The molecule has 158 valence electrons. The predicted molar refractivity (Wildman–Crippen MR) is 142 cm³/mol. The Hall–Kier alpha value is -2.30. The summed E-state index contributed by atoms with van der Waals surface area (Å²) in [5, 5.41) is 8.31. The molecule has 0 amide bonds. The Labute approximate surface area is 196 Å². The molecule has 0 unspecified atom stereocenters. The van der Waals surface area contributed by atoms with Crippen LogP contribution in [0.25, 0.3) is 43.6 Å². The third-order valence-electron chi connectivity index (χ3n) is 7.19. The molecule has 0 fully saturated rings. The minimum absolute atomic E-state index is 1.36. The van der Waals surface area contributed by atoms with Gasteiger partial charge in [-0.3, -0.25) is 0 Å². The zero-order chi connectivity index (χ0) is 22.4. The number of benzene rings is 4. The Kier molecular flexibility index (Phi) is 4.35. The van der Waals surface area contributed by atoms with Crippen molar-refractivity contribution in [3.05, 3.63) is 71.9 Å². The van der Waals surface area contributed by atoms with Crippen LogP contribution in [0.4, 0.5) is 0 Å². The summed E-state index contributed by atoms with van der Waals surface area (Å²) in [6, 6.07) is 20.9. The van der Waals surface area contributed by atoms with Crippen LogP contribution >= 0.6 is 11.8 Å². The zero-order valence-corrected chi connectivity index (χ0v) is 22.5. The molecule has 0 saturated heterocycles. The monoisotopic (exact) mass is 496 g/mol. The van der Waals surface area contributed by atoms with Gasteiger partial charge in [0.1, 0.15) is 0 Å². The first kappa shape index (κ1) is 20.3. The number of pyridine rings is 1. The number of rotatable bonds is 1. The van der Waals surface area contributed by atoms with Gasteiger partial charge in [0.15, 0.2) is 0 Å². The van der Waals surface area contributed by atoms with E-state index < -0.39 is 13.3 Å². The van der Waals surface area contributed by atoms with E-state index in [1.54, 1.807) is 4.40 Å². The molecule has 6 rings (SSSR count). The van der Waals surface area contributed by atoms with Crippen LogP contribution < -0.4 is 8.96 Å². The van der Waals surface area contributed by atoms with Crippen LogP contribution in [0, 0.1) is 13.8 Å². The van der Waals surface area contributed by atoms with Crippen LogP contribution in [0.1, 0.15) is 11.1 Å². The van der Waals surface area contributed by atoms with Gasteiger partial charge in [-0.25, -0.2) is 0 Å². The summed E-state index contributed by atoms with van der Waals surface area (Å²) in [5.74, 6) is 7.45. The summed E-state index contributed by atoms with van der Waals surface area (Å²) in [7, 11) is 2.20. The van der Waals surface area contributed by atoms with E-state index in [0.29, 0.717) is 0 Å². The third-order valence-corrected chi connectivity index (χ3v) is 12.7. The molecule has 4 aromatic carbocycles. The summed E-state index contributed by atoms with van der Waals surface area (Å²) in [6.07, 6.45) is 2.26. The molecular weight excluding hydrogens is 467 g/mol. The van der Waals surface area contributed by atoms with Crippen LogP contribution in [0.3, 0.4) is 0 Å². The molecule has 1 nitrogen and oxygen atoms in total. The second kappa shape index (κ2) is 6.85. The molecule has 1 aromatic heterocycles. The normalized spacial score (nSPS) is 13.2. The van der Waals surface area contributed by atoms with Crippen molar-refractivity contribution in [3.63, 3.8) is 0 Å². The fourth-order valence-corrected chi connectivity index (χ4v) is 9.14. The van der Waals surface area contributed by atoms with E-state index in [1.807, 2.05) is 11.8 Å². The molecule has 0 atom stereocenters. The Morgan fingerprint density at radius 3 is 2.22 bits per heavy atom. The fraction of sp³-hybridized carbons (Fsp3) is 0.207. The first-order chi connectivity index (χ1) is 15.3. The quantitative estimate of drug-likeness (QED) is 0.132. The average molecular weight is 495 g/mol. The molecule has 0 N–H and O–H groups in total. The molecule has 1 aliphatic heterocycles. The van der Waals surface area contributed by atoms with E-state index in [1.165, 1.54) is 64.5 Å². The Morgan fingerprint density at radius 2 is 1.50 bits per heavy atom. The van der Waals surface area contributed by atoms with Gasteiger partial charge in [0.2, 0.25) is 0 Å². The maximum atomic E-state index is 2.50. The van der Waals surface area contributed by atoms with Crippen molar-refractivity contribution in [2.45, 2.75) is 40.9 Å². The van der Waals surface area contributed by atoms with Gasteiger partial charge in [0.25, 0.3) is 0 Å². The fourth-order valence-electron chi connectivity index (χ4n) is 5.37. The van der Waals surface area contributed by atoms with E-state index in [0.717, 1.165) is 0 Å². The average Bonchev–Trinajstić information content (AvgIpc) is 2.77. The van der Waals surface area contributed by atoms with E-state index >= 15 is 0 Å². The van der Waals surface area contributed by atoms with Crippen molar-refractivity contribution < 1.29 is 4.57 Å². The second-order valence-electron chi connectivity index (χ2n) is 10.2. The molecule has 5 aromatic rings. The van der Waals surface area contributed by atoms with Crippen molar-refractivity contribution in [2.75, 3.05) is 0 Å². The van der Waals surface area contributed by atoms with Crippen molar-refractivity contribution in [3.8, 4) is 11.3 Å². The number of aryl methyl sites for hydroxylation is 3. The number of hydrogen-bond donors (Lipinski definition) is 0. The summed E-state index contributed by atoms with van der Waals surface area (Å²) in [5.41, 5.74) is 5.56. The third kappa shape index (κ3) is 2.75. The number of aromatic nitrogens is 1. The second-order valence-corrected chi connectivity index (χ2v) is 21.9. The standard InChI is InChI=1S/C29H28GeNS/c1-17-21-9-7-8-10-22(21)18(2)29-26(17)28-27-23(13-14-31(28)6)24-16-20(30(3,4)5)12-11-19(24)15-25(27)32-29/h7-16H,1-6H3/q+1. The number of fused-ring (bicyclic) bond motifs is 5. The van der Waals surface area contributed by atoms with Crippen molar-refractivity contribution in [2.24, 2.45) is 7.05 Å². The Morgan fingerprint density at radius 1 is 0.781 bits per heavy atom. The van der Waals surface area contributed by atoms with Crippen molar-refractivity contribution in [1.29, 1.82) is 0 Å². The van der Waals surface area contributed by atoms with Gasteiger partial charge in [-0.15, -0.1) is 0 Å². The number of hydrogen-bond acceptors (Lipinski definition) is 1. The van der Waals surface area contributed by atoms with Crippen molar-refractivity contribution in [1.82, 2.24) is 0 Å². The topological polar surface area (TPSA) is 3.88 Å². The van der Waals surface area contributed by atoms with Crippen LogP contribution in [-0.4, -0.2) is 13.3 Å². The van der Waals surface area contributed by atoms with E-state index in [9.17, 15) is 0 Å². The zero-order valence-electron chi connectivity index (χ0n) is 19.6. The molecule has 0 aliphatic carbocycles. The van der Waals surface area contributed by atoms with Gasteiger partial charge in [-0.1, -0.05) is 0 Å². The van der Waals surface area contributed by atoms with Gasteiger partial charge < -0.3 is 0 Å². The molecule has 0 spiro atoms. The molecule has 32 heavy (non-hydrogen) atoms. The van der Waals surface area contributed by atoms with Gasteiger partial charge in [-0.2, -0.15) is 0 Å². The molecule has 0 saturated carbocycles. The number of nitrogens with zero attached hydrogens (tertiary/aromatic N) is 1. The van der Waals surface area contributed by atoms with Gasteiger partial charge in [-0.05, 0) is 0 Å². The van der Waals surface area contributed by atoms with E-state index in [2.05, 4.69) is 104 Å². The van der Waals surface area contributed by atoms with Crippen LogP contribution in [0.2, 0.25) is 17.3 Å². The summed E-state index contributed by atoms with van der Waals surface area (Å²) < 4.78 is 3.91. The minimum atomic E-state index is -1.92. The van der Waals surface area contributed by atoms with Gasteiger partial charge in [0.05, 0.1) is 0 Å². The Balaban J connectivity index is 1.80. The molecular formula is C29H28GeNS+. The Bertz CT molecular complexity index is 1610. The molecule has 1 aliphatic rings. The first-order valence-electron chi connectivity index (χ1n) is 11.4. The maximum absolute atomic E-state index is 2.50. The predicted octanol–water partition coefficient (Wildman–Crippen LogP) is 7.26. The summed E-state index contributed by atoms with van der Waals surface area (Å²) in [6.45, 7) is 4.60. The first-order valence-corrected chi connectivity index (χ1v) is 19.5. The van der Waals surface area contributed by atoms with E-state index in [-0.39, 0.29) is 0 Å². The van der Waals surface area contributed by atoms with Crippen LogP contribution in [0.15, 0.2) is 70.6 Å². The van der Waals surface area contributed by atoms with E-state index in [4.69, 9.17) is 0 Å². The molecule has 0 bridgehead atoms. The molecule has 3 heteroatoms.